The molecule has 0 spiro atoms. The summed E-state index contributed by atoms with van der Waals surface area (Å²) >= 11 is 0. The molecule has 33 heavy (non-hydrogen) atoms. The van der Waals surface area contributed by atoms with E-state index in [2.05, 4.69) is 5.10 Å². The van der Waals surface area contributed by atoms with Gasteiger partial charge in [0.05, 0.1) is 18.6 Å². The first-order valence-corrected chi connectivity index (χ1v) is 11.7. The molecular weight excluding hydrogens is 420 g/mol. The van der Waals surface area contributed by atoms with E-state index in [-0.39, 0.29) is 35.3 Å². The molecule has 8 heteroatoms. The highest BCUT2D eigenvalue weighted by molar-refractivity contribution is 5.92. The van der Waals surface area contributed by atoms with E-state index in [0.29, 0.717) is 19.6 Å². The second-order valence-electron chi connectivity index (χ2n) is 9.79. The molecule has 2 atom stereocenters. The van der Waals surface area contributed by atoms with Crippen molar-refractivity contribution in [1.82, 2.24) is 19.6 Å². The Labute approximate surface area is 194 Å². The Hall–Kier alpha value is -3.16. The minimum Gasteiger partial charge on any atom is -0.444 e. The second kappa shape index (κ2) is 9.37. The molecular formula is C25H32N4O4. The first-order chi connectivity index (χ1) is 15.7. The zero-order valence-corrected chi connectivity index (χ0v) is 19.6. The van der Waals surface area contributed by atoms with Crippen LogP contribution in [0.3, 0.4) is 0 Å². The van der Waals surface area contributed by atoms with E-state index in [1.165, 1.54) is 16.8 Å². The van der Waals surface area contributed by atoms with Gasteiger partial charge in [-0.1, -0.05) is 30.3 Å². The van der Waals surface area contributed by atoms with Crippen LogP contribution >= 0.6 is 0 Å². The fraction of sp³-hybridized carbons (Fsp3) is 0.520. The molecule has 0 saturated carbocycles. The van der Waals surface area contributed by atoms with E-state index in [4.69, 9.17) is 4.74 Å². The molecule has 2 amide bonds. The monoisotopic (exact) mass is 452 g/mol. The summed E-state index contributed by atoms with van der Waals surface area (Å²) in [6.45, 7) is 7.13. The second-order valence-corrected chi connectivity index (χ2v) is 9.79. The van der Waals surface area contributed by atoms with E-state index in [1.807, 2.05) is 56.0 Å². The molecule has 1 aromatic heterocycles. The van der Waals surface area contributed by atoms with Gasteiger partial charge in [0.15, 0.2) is 0 Å². The van der Waals surface area contributed by atoms with Crippen molar-refractivity contribution < 1.29 is 14.3 Å². The van der Waals surface area contributed by atoms with Crippen LogP contribution in [0.25, 0.3) is 0 Å². The topological polar surface area (TPSA) is 84.7 Å². The van der Waals surface area contributed by atoms with Gasteiger partial charge in [0.2, 0.25) is 0 Å². The number of aromatic nitrogens is 2. The molecule has 8 nitrogen and oxygen atoms in total. The molecule has 4 rings (SSSR count). The maximum atomic E-state index is 13.4. The van der Waals surface area contributed by atoms with Gasteiger partial charge < -0.3 is 14.5 Å². The molecule has 1 aromatic carbocycles. The van der Waals surface area contributed by atoms with Crippen molar-refractivity contribution in [2.24, 2.45) is 0 Å². The lowest BCUT2D eigenvalue weighted by Crippen LogP contribution is -2.51. The molecule has 2 aliphatic rings. The summed E-state index contributed by atoms with van der Waals surface area (Å²) in [6.07, 6.45) is 3.12. The van der Waals surface area contributed by atoms with E-state index in [9.17, 15) is 14.4 Å². The number of hydrogen-bond acceptors (Lipinski definition) is 5. The molecule has 0 radical (unpaired) electrons. The van der Waals surface area contributed by atoms with Crippen LogP contribution in [0.5, 0.6) is 0 Å². The zero-order valence-electron chi connectivity index (χ0n) is 19.6. The van der Waals surface area contributed by atoms with Crippen LogP contribution in [-0.4, -0.2) is 62.4 Å². The van der Waals surface area contributed by atoms with Crippen molar-refractivity contribution in [3.8, 4) is 0 Å². The summed E-state index contributed by atoms with van der Waals surface area (Å²) in [5.41, 5.74) is 0.375. The van der Waals surface area contributed by atoms with Crippen molar-refractivity contribution in [3.05, 3.63) is 64.1 Å². The van der Waals surface area contributed by atoms with Gasteiger partial charge in [-0.25, -0.2) is 9.48 Å². The van der Waals surface area contributed by atoms with Crippen LogP contribution in [0.2, 0.25) is 0 Å². The summed E-state index contributed by atoms with van der Waals surface area (Å²) in [5.74, 6) is -0.199. The number of carbonyl (C=O) groups is 2. The molecule has 3 heterocycles. The number of hydrogen-bond donors (Lipinski definition) is 0. The molecule has 0 N–H and O–H groups in total. The highest BCUT2D eigenvalue weighted by Gasteiger charge is 2.43. The summed E-state index contributed by atoms with van der Waals surface area (Å²) in [5, 5.41) is 4.38. The highest BCUT2D eigenvalue weighted by atomic mass is 16.6. The van der Waals surface area contributed by atoms with Crippen LogP contribution in [0.15, 0.2) is 47.3 Å². The molecule has 176 valence electrons. The minimum absolute atomic E-state index is 0.0680. The first kappa shape index (κ1) is 23.0. The van der Waals surface area contributed by atoms with Gasteiger partial charge in [0, 0.05) is 19.2 Å². The van der Waals surface area contributed by atoms with Gasteiger partial charge in [0.1, 0.15) is 11.3 Å². The molecule has 0 aliphatic carbocycles. The summed E-state index contributed by atoms with van der Waals surface area (Å²) in [7, 11) is 0. The zero-order chi connectivity index (χ0) is 23.6. The fourth-order valence-corrected chi connectivity index (χ4v) is 4.76. The average molecular weight is 453 g/mol. The van der Waals surface area contributed by atoms with Crippen LogP contribution < -0.4 is 5.56 Å². The molecule has 2 saturated heterocycles. The Balaban J connectivity index is 1.53. The molecule has 0 unspecified atom stereocenters. The highest BCUT2D eigenvalue weighted by Crippen LogP contribution is 2.32. The summed E-state index contributed by atoms with van der Waals surface area (Å²) in [4.78, 5) is 42.2. The van der Waals surface area contributed by atoms with Crippen molar-refractivity contribution in [1.29, 1.82) is 0 Å². The number of nitrogens with zero attached hydrogens (tertiary/aromatic N) is 4. The largest absolute Gasteiger partial charge is 0.444 e. The fourth-order valence-electron chi connectivity index (χ4n) is 4.76. The lowest BCUT2D eigenvalue weighted by Gasteiger charge is -2.35. The number of amides is 2. The van der Waals surface area contributed by atoms with Gasteiger partial charge in [0.25, 0.3) is 11.5 Å². The third-order valence-electron chi connectivity index (χ3n) is 6.19. The molecule has 2 aromatic rings. The predicted molar refractivity (Wildman–Crippen MR) is 124 cm³/mol. The Bertz CT molecular complexity index is 1060. The summed E-state index contributed by atoms with van der Waals surface area (Å²) in [6, 6.07) is 12.3. The van der Waals surface area contributed by atoms with E-state index < -0.39 is 5.60 Å². The number of carbonyl (C=O) groups excluding carboxylic acids is 2. The molecule has 2 aliphatic heterocycles. The third-order valence-corrected chi connectivity index (χ3v) is 6.19. The van der Waals surface area contributed by atoms with Crippen molar-refractivity contribution in [2.75, 3.05) is 13.1 Å². The number of benzene rings is 1. The van der Waals surface area contributed by atoms with E-state index in [0.717, 1.165) is 31.2 Å². The Morgan fingerprint density at radius 1 is 0.970 bits per heavy atom. The van der Waals surface area contributed by atoms with E-state index in [1.54, 1.807) is 4.90 Å². The number of rotatable bonds is 4. The molecule has 0 bridgehead atoms. The number of likely N-dealkylation sites (tertiary alicyclic amines) is 2. The molecule has 2 fully saturated rings. The summed E-state index contributed by atoms with van der Waals surface area (Å²) < 4.78 is 6.94. The maximum absolute atomic E-state index is 13.4. The Morgan fingerprint density at radius 3 is 2.27 bits per heavy atom. The van der Waals surface area contributed by atoms with Gasteiger partial charge in [-0.2, -0.15) is 5.10 Å². The van der Waals surface area contributed by atoms with Crippen molar-refractivity contribution >= 4 is 12.0 Å². The van der Waals surface area contributed by atoms with Crippen LogP contribution in [0, 0.1) is 0 Å². The average Bonchev–Trinajstić information content (AvgIpc) is 3.43. The quantitative estimate of drug-likeness (QED) is 0.711. The van der Waals surface area contributed by atoms with Gasteiger partial charge in [-0.15, -0.1) is 0 Å². The predicted octanol–water partition coefficient (Wildman–Crippen LogP) is 3.30. The lowest BCUT2D eigenvalue weighted by molar-refractivity contribution is 0.0146. The van der Waals surface area contributed by atoms with Gasteiger partial charge in [-0.3, -0.25) is 9.59 Å². The van der Waals surface area contributed by atoms with Crippen LogP contribution in [-0.2, 0) is 11.3 Å². The Kier molecular flexibility index (Phi) is 6.54. The number of ether oxygens (including phenoxy) is 1. The van der Waals surface area contributed by atoms with E-state index >= 15 is 0 Å². The van der Waals surface area contributed by atoms with Crippen LogP contribution in [0.4, 0.5) is 4.79 Å². The standard InChI is InChI=1S/C25H32N4O4/c1-25(2,3)33-24(32)28-16-8-12-21(28)20-11-7-15-27(20)23(31)19-13-14-22(30)29(26-19)17-18-9-5-4-6-10-18/h4-6,9-10,13-14,20-21H,7-8,11-12,15-17H2,1-3H3/t20-,21+/m1/s1. The normalized spacial score (nSPS) is 20.8. The van der Waals surface area contributed by atoms with Crippen molar-refractivity contribution in [3.63, 3.8) is 0 Å². The lowest BCUT2D eigenvalue weighted by atomic mass is 10.0. The Morgan fingerprint density at radius 2 is 1.61 bits per heavy atom. The van der Waals surface area contributed by atoms with Crippen molar-refractivity contribution in [2.45, 2.75) is 70.7 Å². The van der Waals surface area contributed by atoms with Gasteiger partial charge in [-0.05, 0) is 58.1 Å². The first-order valence-electron chi connectivity index (χ1n) is 11.7. The van der Waals surface area contributed by atoms with Crippen LogP contribution in [0.1, 0.15) is 62.5 Å². The van der Waals surface area contributed by atoms with Gasteiger partial charge >= 0.3 is 6.09 Å². The minimum atomic E-state index is -0.564. The maximum Gasteiger partial charge on any atom is 0.410 e. The smallest absolute Gasteiger partial charge is 0.410 e. The SMILES string of the molecule is CC(C)(C)OC(=O)N1CCC[C@H]1[C@H]1CCCN1C(=O)c1ccc(=O)n(Cc2ccccc2)n1. The third kappa shape index (κ3) is 5.26.